The highest BCUT2D eigenvalue weighted by Crippen LogP contribution is 2.37. The number of carbonyl (C=O) groups excluding carboxylic acids is 2. The lowest BCUT2D eigenvalue weighted by atomic mass is 9.83. The van der Waals surface area contributed by atoms with Gasteiger partial charge in [0.15, 0.2) is 0 Å². The number of nitriles is 1. The number of piperidine rings is 1. The fourth-order valence-electron chi connectivity index (χ4n) is 4.43. The monoisotopic (exact) mass is 496 g/mol. The van der Waals surface area contributed by atoms with Gasteiger partial charge in [-0.15, -0.1) is 4.80 Å². The number of amides is 1. The minimum absolute atomic E-state index is 0.00927. The number of nitrogens with two attached hydrogens (primary N) is 1. The number of aromatic hydroxyl groups is 1. The van der Waals surface area contributed by atoms with Gasteiger partial charge in [-0.25, -0.2) is 4.39 Å². The number of rotatable bonds is 8. The molecule has 0 radical (unpaired) electrons. The first-order chi connectivity index (χ1) is 17.3. The third-order valence-corrected chi connectivity index (χ3v) is 6.38. The van der Waals surface area contributed by atoms with Crippen molar-refractivity contribution in [3.8, 4) is 17.5 Å². The fourth-order valence-corrected chi connectivity index (χ4v) is 4.43. The summed E-state index contributed by atoms with van der Waals surface area (Å²) in [5, 5.41) is 32.2. The van der Waals surface area contributed by atoms with Gasteiger partial charge in [-0.1, -0.05) is 6.07 Å². The van der Waals surface area contributed by atoms with E-state index in [4.69, 9.17) is 5.73 Å². The molecule has 3 heterocycles. The lowest BCUT2D eigenvalue weighted by Gasteiger charge is -2.43. The van der Waals surface area contributed by atoms with Crippen molar-refractivity contribution in [1.29, 1.82) is 5.26 Å². The average Bonchev–Trinajstić information content (AvgIpc) is 3.52. The lowest BCUT2D eigenvalue weighted by Crippen LogP contribution is -2.54. The molecule has 0 aliphatic carbocycles. The number of alkyl halides is 1. The Kier molecular flexibility index (Phi) is 6.98. The van der Waals surface area contributed by atoms with Gasteiger partial charge in [0, 0.05) is 25.8 Å². The van der Waals surface area contributed by atoms with E-state index in [2.05, 4.69) is 20.0 Å². The molecule has 2 atom stereocenters. The van der Waals surface area contributed by atoms with Crippen LogP contribution in [0.3, 0.4) is 0 Å². The molecule has 3 N–H and O–H groups in total. The van der Waals surface area contributed by atoms with Crippen LogP contribution in [0, 0.1) is 11.3 Å². The average molecular weight is 497 g/mol. The predicted molar refractivity (Wildman–Crippen MR) is 122 cm³/mol. The van der Waals surface area contributed by atoms with E-state index >= 15 is 4.39 Å². The molecule has 4 rings (SSSR count). The number of phenols is 1. The highest BCUT2D eigenvalue weighted by molar-refractivity contribution is 5.94. The highest BCUT2D eigenvalue weighted by Gasteiger charge is 2.46. The van der Waals surface area contributed by atoms with Crippen molar-refractivity contribution in [2.24, 2.45) is 5.73 Å². The van der Waals surface area contributed by atoms with Gasteiger partial charge < -0.3 is 15.6 Å². The van der Waals surface area contributed by atoms with Crippen LogP contribution in [-0.2, 0) is 28.0 Å². The van der Waals surface area contributed by atoms with Gasteiger partial charge in [0.05, 0.1) is 49.7 Å². The van der Waals surface area contributed by atoms with Gasteiger partial charge in [0.1, 0.15) is 23.1 Å². The summed E-state index contributed by atoms with van der Waals surface area (Å²) in [5.74, 6) is -1.44. The third kappa shape index (κ3) is 4.76. The summed E-state index contributed by atoms with van der Waals surface area (Å²) < 4.78 is 21.7. The number of primary amides is 1. The first-order valence-corrected chi connectivity index (χ1v) is 11.1. The van der Waals surface area contributed by atoms with E-state index in [1.54, 1.807) is 18.2 Å². The quantitative estimate of drug-likeness (QED) is 0.430. The number of nitrogens with zero attached hydrogens (tertiary/aromatic N) is 7. The molecule has 1 fully saturated rings. The number of benzene rings is 1. The number of halogens is 1. The maximum atomic E-state index is 15.8. The van der Waals surface area contributed by atoms with Gasteiger partial charge in [-0.05, 0) is 24.1 Å². The molecule has 36 heavy (non-hydrogen) atoms. The Bertz CT molecular complexity index is 1300. The molecule has 12 nitrogen and oxygen atoms in total. The molecule has 2 unspecified atom stereocenters. The van der Waals surface area contributed by atoms with Crippen molar-refractivity contribution in [2.75, 3.05) is 20.2 Å². The molecule has 1 aliphatic rings. The first kappa shape index (κ1) is 24.8. The Morgan fingerprint density at radius 3 is 2.72 bits per heavy atom. The Hall–Kier alpha value is -4.31. The second-order valence-electron chi connectivity index (χ2n) is 8.58. The van der Waals surface area contributed by atoms with E-state index in [1.165, 1.54) is 35.2 Å². The van der Waals surface area contributed by atoms with Gasteiger partial charge in [-0.3, -0.25) is 19.2 Å². The van der Waals surface area contributed by atoms with Gasteiger partial charge in [-0.2, -0.15) is 20.6 Å². The van der Waals surface area contributed by atoms with Crippen LogP contribution in [0.25, 0.3) is 5.69 Å². The molecule has 1 aromatic carbocycles. The van der Waals surface area contributed by atoms with Crippen LogP contribution in [0.4, 0.5) is 4.39 Å². The van der Waals surface area contributed by atoms with E-state index in [0.717, 1.165) is 5.56 Å². The summed E-state index contributed by atoms with van der Waals surface area (Å²) in [5.41, 5.74) is 5.35. The van der Waals surface area contributed by atoms with Crippen molar-refractivity contribution < 1.29 is 23.8 Å². The number of likely N-dealkylation sites (tertiary alicyclic amines) is 1. The highest BCUT2D eigenvalue weighted by atomic mass is 19.1. The van der Waals surface area contributed by atoms with E-state index in [1.807, 2.05) is 11.0 Å². The standard InChI is InChI=1S/C23H25FN8O4/c1-36-21(34)11-17-16(22(26)35)13-31(29-17)23(4-6-25)5-9-30(14-20(23)24)12-15-2-3-18(19(33)10-15)32-27-7-8-28-32/h2-3,7-8,10,13,20,33H,4-5,9,11-12,14H2,1H3,(H2,26,35). The molecular formula is C23H25FN8O4. The van der Waals surface area contributed by atoms with E-state index < -0.39 is 23.6 Å². The maximum Gasteiger partial charge on any atom is 0.311 e. The SMILES string of the molecule is COC(=O)Cc1nn(C2(CC#N)CCN(Cc3ccc(-n4nccn4)c(O)c3)CC2F)cc1C(N)=O. The summed E-state index contributed by atoms with van der Waals surface area (Å²) in [6, 6.07) is 7.09. The van der Waals surface area contributed by atoms with Gasteiger partial charge >= 0.3 is 5.97 Å². The molecule has 0 spiro atoms. The molecular weight excluding hydrogens is 471 g/mol. The first-order valence-electron chi connectivity index (χ1n) is 11.1. The molecule has 13 heteroatoms. The zero-order chi connectivity index (χ0) is 25.9. The minimum atomic E-state index is -1.52. The number of hydrogen-bond donors (Lipinski definition) is 2. The zero-order valence-corrected chi connectivity index (χ0v) is 19.5. The number of methoxy groups -OCH3 is 1. The molecule has 3 aromatic rings. The van der Waals surface area contributed by atoms with Crippen LogP contribution in [0.5, 0.6) is 5.75 Å². The smallest absolute Gasteiger partial charge is 0.311 e. The van der Waals surface area contributed by atoms with E-state index in [-0.39, 0.29) is 42.8 Å². The Balaban J connectivity index is 1.54. The number of phenolic OH excluding ortho intramolecular Hbond substituents is 1. The number of esters is 1. The molecule has 1 saturated heterocycles. The summed E-state index contributed by atoms with van der Waals surface area (Å²) >= 11 is 0. The Morgan fingerprint density at radius 2 is 2.11 bits per heavy atom. The van der Waals surface area contributed by atoms with Crippen molar-refractivity contribution in [3.05, 3.63) is 53.6 Å². The third-order valence-electron chi connectivity index (χ3n) is 6.38. The van der Waals surface area contributed by atoms with Crippen LogP contribution in [0.15, 0.2) is 36.8 Å². The molecule has 0 bridgehead atoms. The predicted octanol–water partition coefficient (Wildman–Crippen LogP) is 0.837. The second kappa shape index (κ2) is 10.1. The normalized spacial score (nSPS) is 20.1. The van der Waals surface area contributed by atoms with Gasteiger partial charge in [0.2, 0.25) is 0 Å². The number of aromatic nitrogens is 5. The number of hydrogen-bond acceptors (Lipinski definition) is 9. The largest absolute Gasteiger partial charge is 0.506 e. The van der Waals surface area contributed by atoms with Crippen molar-refractivity contribution in [3.63, 3.8) is 0 Å². The lowest BCUT2D eigenvalue weighted by molar-refractivity contribution is -0.139. The molecule has 1 aliphatic heterocycles. The summed E-state index contributed by atoms with van der Waals surface area (Å²) in [6.45, 7) is 0.773. The molecule has 2 aromatic heterocycles. The van der Waals surface area contributed by atoms with Crippen molar-refractivity contribution in [2.45, 2.75) is 37.5 Å². The van der Waals surface area contributed by atoms with Crippen LogP contribution in [0.1, 0.15) is 34.5 Å². The van der Waals surface area contributed by atoms with E-state index in [0.29, 0.717) is 18.8 Å². The van der Waals surface area contributed by atoms with Gasteiger partial charge in [0.25, 0.3) is 5.91 Å². The number of carbonyl (C=O) groups is 2. The van der Waals surface area contributed by atoms with Crippen LogP contribution in [0.2, 0.25) is 0 Å². The van der Waals surface area contributed by atoms with Crippen LogP contribution < -0.4 is 5.73 Å². The maximum absolute atomic E-state index is 15.8. The zero-order valence-electron chi connectivity index (χ0n) is 19.5. The summed E-state index contributed by atoms with van der Waals surface area (Å²) in [7, 11) is 1.20. The van der Waals surface area contributed by atoms with Crippen molar-refractivity contribution >= 4 is 11.9 Å². The topological polar surface area (TPSA) is 165 Å². The van der Waals surface area contributed by atoms with Crippen LogP contribution >= 0.6 is 0 Å². The van der Waals surface area contributed by atoms with Crippen molar-refractivity contribution in [1.82, 2.24) is 29.7 Å². The summed E-state index contributed by atoms with van der Waals surface area (Å²) in [6.07, 6.45) is 2.52. The minimum Gasteiger partial charge on any atom is -0.506 e. The van der Waals surface area contributed by atoms with Crippen LogP contribution in [-0.4, -0.2) is 73.0 Å². The molecule has 1 amide bonds. The van der Waals surface area contributed by atoms with E-state index in [9.17, 15) is 20.0 Å². The second-order valence-corrected chi connectivity index (χ2v) is 8.58. The molecule has 188 valence electrons. The Morgan fingerprint density at radius 1 is 1.36 bits per heavy atom. The fraction of sp³-hybridized carbons (Fsp3) is 0.391. The summed E-state index contributed by atoms with van der Waals surface area (Å²) in [4.78, 5) is 26.9. The number of ether oxygens (including phenoxy) is 1. The Labute approximate surface area is 205 Å². The molecule has 0 saturated carbocycles.